The first-order chi connectivity index (χ1) is 13.3. The molecule has 0 saturated carbocycles. The Labute approximate surface area is 157 Å². The Morgan fingerprint density at radius 2 is 1.89 bits per heavy atom. The standard InChI is InChI=1S/C19H20N6O2/c1-26-17-4-3-15(16-13-20-6-7-21-16)23-19(17)24-18-5-2-14(12-22-18)25-8-10-27-11-9-25/h2-7,12-13H,8-11H2,1H3,(H,22,23,24). The van der Waals surface area contributed by atoms with Crippen molar-refractivity contribution in [2.75, 3.05) is 43.6 Å². The van der Waals surface area contributed by atoms with Gasteiger partial charge in [0.1, 0.15) is 11.5 Å². The molecule has 0 atom stereocenters. The van der Waals surface area contributed by atoms with Crippen molar-refractivity contribution in [2.24, 2.45) is 0 Å². The van der Waals surface area contributed by atoms with Crippen molar-refractivity contribution < 1.29 is 9.47 Å². The van der Waals surface area contributed by atoms with Crippen molar-refractivity contribution in [3.8, 4) is 17.1 Å². The molecule has 3 aromatic heterocycles. The lowest BCUT2D eigenvalue weighted by Gasteiger charge is -2.28. The van der Waals surface area contributed by atoms with Gasteiger partial charge >= 0.3 is 0 Å². The number of hydrogen-bond donors (Lipinski definition) is 1. The van der Waals surface area contributed by atoms with Crippen molar-refractivity contribution >= 4 is 17.3 Å². The summed E-state index contributed by atoms with van der Waals surface area (Å²) in [5, 5.41) is 3.23. The van der Waals surface area contributed by atoms with E-state index in [0.717, 1.165) is 32.0 Å². The Morgan fingerprint density at radius 3 is 2.59 bits per heavy atom. The minimum atomic E-state index is 0.576. The van der Waals surface area contributed by atoms with Crippen molar-refractivity contribution in [1.29, 1.82) is 0 Å². The molecule has 0 unspecified atom stereocenters. The van der Waals surface area contributed by atoms with E-state index in [1.54, 1.807) is 25.7 Å². The summed E-state index contributed by atoms with van der Waals surface area (Å²) in [4.78, 5) is 19.8. The van der Waals surface area contributed by atoms with Gasteiger partial charge in [-0.3, -0.25) is 9.97 Å². The van der Waals surface area contributed by atoms with Gasteiger partial charge in [-0.2, -0.15) is 0 Å². The summed E-state index contributed by atoms with van der Waals surface area (Å²) >= 11 is 0. The number of rotatable bonds is 5. The van der Waals surface area contributed by atoms with Crippen molar-refractivity contribution in [3.05, 3.63) is 49.1 Å². The minimum Gasteiger partial charge on any atom is -0.493 e. The lowest BCUT2D eigenvalue weighted by Crippen LogP contribution is -2.36. The Hall–Kier alpha value is -3.26. The van der Waals surface area contributed by atoms with E-state index >= 15 is 0 Å². The van der Waals surface area contributed by atoms with Gasteiger partial charge in [0.25, 0.3) is 0 Å². The molecule has 0 bridgehead atoms. The van der Waals surface area contributed by atoms with E-state index in [1.807, 2.05) is 30.5 Å². The number of morpholine rings is 1. The number of anilines is 3. The van der Waals surface area contributed by atoms with E-state index in [2.05, 4.69) is 30.2 Å². The number of methoxy groups -OCH3 is 1. The molecule has 0 spiro atoms. The number of nitrogens with one attached hydrogen (secondary N) is 1. The Balaban J connectivity index is 1.56. The number of aromatic nitrogens is 4. The van der Waals surface area contributed by atoms with Gasteiger partial charge in [0.15, 0.2) is 11.6 Å². The summed E-state index contributed by atoms with van der Waals surface area (Å²) < 4.78 is 10.8. The van der Waals surface area contributed by atoms with Gasteiger partial charge in [-0.1, -0.05) is 0 Å². The smallest absolute Gasteiger partial charge is 0.175 e. The molecule has 1 aliphatic rings. The molecule has 1 saturated heterocycles. The molecule has 8 nitrogen and oxygen atoms in total. The highest BCUT2D eigenvalue weighted by atomic mass is 16.5. The van der Waals surface area contributed by atoms with Crippen molar-refractivity contribution in [2.45, 2.75) is 0 Å². The molecule has 27 heavy (non-hydrogen) atoms. The second-order valence-corrected chi connectivity index (χ2v) is 5.96. The van der Waals surface area contributed by atoms with Crippen LogP contribution in [-0.4, -0.2) is 53.3 Å². The molecule has 0 aliphatic carbocycles. The van der Waals surface area contributed by atoms with Crippen LogP contribution in [0.25, 0.3) is 11.4 Å². The van der Waals surface area contributed by atoms with Gasteiger partial charge in [0.05, 0.1) is 44.1 Å². The lowest BCUT2D eigenvalue weighted by molar-refractivity contribution is 0.122. The zero-order valence-electron chi connectivity index (χ0n) is 15.0. The second kappa shape index (κ2) is 7.96. The van der Waals surface area contributed by atoms with Crippen LogP contribution in [0.4, 0.5) is 17.3 Å². The molecule has 1 aliphatic heterocycles. The third kappa shape index (κ3) is 3.95. The first kappa shape index (κ1) is 17.2. The van der Waals surface area contributed by atoms with E-state index in [-0.39, 0.29) is 0 Å². The lowest BCUT2D eigenvalue weighted by atomic mass is 10.2. The molecule has 4 rings (SSSR count). The van der Waals surface area contributed by atoms with Gasteiger partial charge < -0.3 is 19.7 Å². The van der Waals surface area contributed by atoms with E-state index in [0.29, 0.717) is 28.8 Å². The first-order valence-corrected chi connectivity index (χ1v) is 8.71. The average molecular weight is 364 g/mol. The zero-order valence-corrected chi connectivity index (χ0v) is 15.0. The third-order valence-corrected chi connectivity index (χ3v) is 4.27. The predicted molar refractivity (Wildman–Crippen MR) is 102 cm³/mol. The predicted octanol–water partition coefficient (Wildman–Crippen LogP) is 2.52. The number of nitrogens with zero attached hydrogens (tertiary/aromatic N) is 5. The maximum absolute atomic E-state index is 5.42. The zero-order chi connectivity index (χ0) is 18.5. The molecule has 1 N–H and O–H groups in total. The van der Waals surface area contributed by atoms with Crippen LogP contribution >= 0.6 is 0 Å². The summed E-state index contributed by atoms with van der Waals surface area (Å²) in [6, 6.07) is 7.67. The first-order valence-electron chi connectivity index (χ1n) is 8.71. The van der Waals surface area contributed by atoms with E-state index in [1.165, 1.54) is 0 Å². The molecule has 0 radical (unpaired) electrons. The maximum atomic E-state index is 5.42. The van der Waals surface area contributed by atoms with Crippen molar-refractivity contribution in [3.63, 3.8) is 0 Å². The SMILES string of the molecule is COc1ccc(-c2cnccn2)nc1Nc1ccc(N2CCOCC2)cn1. The molecule has 0 amide bonds. The molecular weight excluding hydrogens is 344 g/mol. The van der Waals surface area contributed by atoms with Crippen LogP contribution in [0.3, 0.4) is 0 Å². The molecular formula is C19H20N6O2. The number of hydrogen-bond acceptors (Lipinski definition) is 8. The van der Waals surface area contributed by atoms with Gasteiger partial charge in [0.2, 0.25) is 0 Å². The molecule has 8 heteroatoms. The summed E-state index contributed by atoms with van der Waals surface area (Å²) in [5.74, 6) is 1.89. The number of pyridine rings is 2. The van der Waals surface area contributed by atoms with Crippen LogP contribution in [0, 0.1) is 0 Å². The fourth-order valence-corrected chi connectivity index (χ4v) is 2.86. The van der Waals surface area contributed by atoms with Crippen molar-refractivity contribution in [1.82, 2.24) is 19.9 Å². The highest BCUT2D eigenvalue weighted by Gasteiger charge is 2.13. The van der Waals surface area contributed by atoms with Crippen LogP contribution in [0.1, 0.15) is 0 Å². The largest absolute Gasteiger partial charge is 0.493 e. The molecule has 0 aromatic carbocycles. The molecule has 138 valence electrons. The van der Waals surface area contributed by atoms with E-state index in [9.17, 15) is 0 Å². The normalized spacial score (nSPS) is 14.0. The summed E-state index contributed by atoms with van der Waals surface area (Å²) in [6.07, 6.45) is 6.80. The van der Waals surface area contributed by atoms with Gasteiger partial charge in [-0.25, -0.2) is 9.97 Å². The Kier molecular flexibility index (Phi) is 5.06. The quantitative estimate of drug-likeness (QED) is 0.739. The van der Waals surface area contributed by atoms with E-state index < -0.39 is 0 Å². The molecule has 4 heterocycles. The van der Waals surface area contributed by atoms with Crippen LogP contribution < -0.4 is 15.0 Å². The topological polar surface area (TPSA) is 85.3 Å². The van der Waals surface area contributed by atoms with Gasteiger partial charge in [0, 0.05) is 25.5 Å². The fourth-order valence-electron chi connectivity index (χ4n) is 2.86. The summed E-state index contributed by atoms with van der Waals surface area (Å²) in [6.45, 7) is 3.25. The third-order valence-electron chi connectivity index (χ3n) is 4.27. The molecule has 3 aromatic rings. The fraction of sp³-hybridized carbons (Fsp3) is 0.263. The minimum absolute atomic E-state index is 0.576. The monoisotopic (exact) mass is 364 g/mol. The Bertz CT molecular complexity index is 882. The van der Waals surface area contributed by atoms with Crippen LogP contribution in [0.5, 0.6) is 5.75 Å². The summed E-state index contributed by atoms with van der Waals surface area (Å²) in [7, 11) is 1.61. The second-order valence-electron chi connectivity index (χ2n) is 5.96. The van der Waals surface area contributed by atoms with Crippen LogP contribution in [-0.2, 0) is 4.74 Å². The Morgan fingerprint density at radius 1 is 1.00 bits per heavy atom. The van der Waals surface area contributed by atoms with Gasteiger partial charge in [-0.05, 0) is 24.3 Å². The van der Waals surface area contributed by atoms with Crippen LogP contribution in [0.2, 0.25) is 0 Å². The summed E-state index contributed by atoms with van der Waals surface area (Å²) in [5.41, 5.74) is 2.48. The highest BCUT2D eigenvalue weighted by molar-refractivity contribution is 5.66. The average Bonchev–Trinajstić information content (AvgIpc) is 2.75. The van der Waals surface area contributed by atoms with Crippen LogP contribution in [0.15, 0.2) is 49.1 Å². The van der Waals surface area contributed by atoms with E-state index in [4.69, 9.17) is 9.47 Å². The number of ether oxygens (including phenoxy) is 2. The maximum Gasteiger partial charge on any atom is 0.175 e. The highest BCUT2D eigenvalue weighted by Crippen LogP contribution is 2.28. The molecule has 1 fully saturated rings. The van der Waals surface area contributed by atoms with Gasteiger partial charge in [-0.15, -0.1) is 0 Å².